The van der Waals surface area contributed by atoms with Crippen LogP contribution in [0.25, 0.3) is 10.8 Å². The van der Waals surface area contributed by atoms with E-state index in [0.717, 1.165) is 26.2 Å². The van der Waals surface area contributed by atoms with Gasteiger partial charge in [-0.1, -0.05) is 56.3 Å². The number of hydrogen-bond donors (Lipinski definition) is 0. The van der Waals surface area contributed by atoms with E-state index >= 15 is 0 Å². The lowest BCUT2D eigenvalue weighted by molar-refractivity contribution is -0.196. The van der Waals surface area contributed by atoms with Crippen molar-refractivity contribution in [1.82, 2.24) is 9.80 Å². The molecule has 2 aromatic rings. The molecule has 0 radical (unpaired) electrons. The Morgan fingerprint density at radius 3 is 2.09 bits per heavy atom. The van der Waals surface area contributed by atoms with Crippen LogP contribution < -0.4 is 0 Å². The highest BCUT2D eigenvalue weighted by atomic mass is 16.1. The molecule has 3 nitrogen and oxygen atoms in total. The van der Waals surface area contributed by atoms with E-state index in [1.165, 1.54) is 16.3 Å². The van der Waals surface area contributed by atoms with Crippen molar-refractivity contribution < 1.29 is 4.79 Å². The lowest BCUT2D eigenvalue weighted by Crippen LogP contribution is -2.75. The van der Waals surface area contributed by atoms with Crippen molar-refractivity contribution in [2.75, 3.05) is 26.2 Å². The monoisotopic (exact) mass is 306 g/mol. The molecule has 0 saturated carbocycles. The van der Waals surface area contributed by atoms with E-state index < -0.39 is 0 Å². The number of hydrogen-bond acceptors (Lipinski definition) is 3. The highest BCUT2D eigenvalue weighted by Crippen LogP contribution is 2.52. The summed E-state index contributed by atoms with van der Waals surface area (Å²) in [7, 11) is 0. The summed E-state index contributed by atoms with van der Waals surface area (Å²) in [6.07, 6.45) is 0.315. The minimum Gasteiger partial charge on any atom is -0.298 e. The Morgan fingerprint density at radius 2 is 1.43 bits per heavy atom. The number of carbonyl (C=O) groups excluding carboxylic acids is 1. The SMILES string of the molecule is CC12CN3CC(C)(CN(C1)C3c1cccc3ccccc13)C2=O. The van der Waals surface area contributed by atoms with Gasteiger partial charge in [0.15, 0.2) is 0 Å². The summed E-state index contributed by atoms with van der Waals surface area (Å²) in [5.41, 5.74) is 1.01. The van der Waals surface area contributed by atoms with Gasteiger partial charge in [0.2, 0.25) is 0 Å². The second-order valence-corrected chi connectivity index (χ2v) is 8.20. The molecule has 4 bridgehead atoms. The standard InChI is InChI=1S/C20H22N2O/c1-19-10-21-12-20(2,18(19)23)13-22(11-19)17(21)16-9-5-7-14-6-3-4-8-15(14)16/h3-9,17H,10-13H2,1-2H3. The van der Waals surface area contributed by atoms with Crippen molar-refractivity contribution >= 4 is 16.6 Å². The van der Waals surface area contributed by atoms with Gasteiger partial charge >= 0.3 is 0 Å². The van der Waals surface area contributed by atoms with Crippen LogP contribution in [0.4, 0.5) is 0 Å². The smallest absolute Gasteiger partial charge is 0.149 e. The van der Waals surface area contributed by atoms with E-state index in [9.17, 15) is 4.79 Å². The fourth-order valence-corrected chi connectivity index (χ4v) is 5.47. The average molecular weight is 306 g/mol. The number of Topliss-reactive ketones (excluding diaryl/α,β-unsaturated/α-hetero) is 1. The lowest BCUT2D eigenvalue weighted by atomic mass is 9.62. The average Bonchev–Trinajstić information content (AvgIpc) is 2.51. The van der Waals surface area contributed by atoms with Crippen LogP contribution in [0.5, 0.6) is 0 Å². The maximum absolute atomic E-state index is 12.8. The van der Waals surface area contributed by atoms with Gasteiger partial charge in [0.25, 0.3) is 0 Å². The van der Waals surface area contributed by atoms with Crippen molar-refractivity contribution in [1.29, 1.82) is 0 Å². The summed E-state index contributed by atoms with van der Waals surface area (Å²) >= 11 is 0. The zero-order chi connectivity index (χ0) is 15.8. The Bertz CT molecular complexity index is 782. The van der Waals surface area contributed by atoms with Crippen LogP contribution in [0.3, 0.4) is 0 Å². The molecule has 0 aliphatic carbocycles. The van der Waals surface area contributed by atoms with Crippen LogP contribution in [0.15, 0.2) is 42.5 Å². The second-order valence-electron chi connectivity index (χ2n) is 8.20. The van der Waals surface area contributed by atoms with Gasteiger partial charge in [0, 0.05) is 26.2 Å². The predicted octanol–water partition coefficient (Wildman–Crippen LogP) is 3.06. The summed E-state index contributed by atoms with van der Waals surface area (Å²) in [5, 5.41) is 2.64. The Balaban J connectivity index is 1.65. The third-order valence-corrected chi connectivity index (χ3v) is 6.10. The third-order valence-electron chi connectivity index (χ3n) is 6.10. The molecular formula is C20H22N2O. The fraction of sp³-hybridized carbons (Fsp3) is 0.450. The van der Waals surface area contributed by atoms with Crippen molar-refractivity contribution in [2.24, 2.45) is 10.8 Å². The number of nitrogens with zero attached hydrogens (tertiary/aromatic N) is 2. The summed E-state index contributed by atoms with van der Waals surface area (Å²) in [6.45, 7) is 7.89. The molecule has 4 aliphatic rings. The zero-order valence-corrected chi connectivity index (χ0v) is 13.7. The molecule has 4 fully saturated rings. The normalized spacial score (nSPS) is 41.7. The second kappa shape index (κ2) is 4.22. The van der Waals surface area contributed by atoms with Gasteiger partial charge in [-0.3, -0.25) is 14.6 Å². The van der Waals surface area contributed by atoms with Crippen molar-refractivity contribution in [2.45, 2.75) is 20.0 Å². The molecule has 0 aromatic heterocycles. The minimum atomic E-state index is -0.188. The number of piperidine rings is 2. The molecule has 4 heterocycles. The molecule has 23 heavy (non-hydrogen) atoms. The zero-order valence-electron chi connectivity index (χ0n) is 13.7. The molecule has 118 valence electrons. The van der Waals surface area contributed by atoms with E-state index in [1.807, 2.05) is 0 Å². The van der Waals surface area contributed by atoms with Gasteiger partial charge in [-0.15, -0.1) is 0 Å². The molecule has 4 saturated heterocycles. The molecule has 4 aliphatic heterocycles. The first-order valence-electron chi connectivity index (χ1n) is 8.51. The number of carbonyl (C=O) groups is 1. The molecule has 2 aromatic carbocycles. The Kier molecular flexibility index (Phi) is 2.52. The number of benzene rings is 2. The Hall–Kier alpha value is -1.71. The number of rotatable bonds is 1. The number of fused-ring (bicyclic) bond motifs is 1. The summed E-state index contributed by atoms with van der Waals surface area (Å²) < 4.78 is 0. The minimum absolute atomic E-state index is 0.188. The highest BCUT2D eigenvalue weighted by Gasteiger charge is 2.62. The van der Waals surface area contributed by atoms with Gasteiger partial charge in [-0.25, -0.2) is 0 Å². The van der Waals surface area contributed by atoms with E-state index in [1.54, 1.807) is 0 Å². The van der Waals surface area contributed by atoms with Crippen LogP contribution in [0.1, 0.15) is 25.6 Å². The van der Waals surface area contributed by atoms with Crippen molar-refractivity contribution in [3.05, 3.63) is 48.0 Å². The van der Waals surface area contributed by atoms with E-state index in [0.29, 0.717) is 11.9 Å². The largest absolute Gasteiger partial charge is 0.298 e. The molecule has 0 unspecified atom stereocenters. The molecule has 0 N–H and O–H groups in total. The highest BCUT2D eigenvalue weighted by molar-refractivity contribution is 5.93. The van der Waals surface area contributed by atoms with Crippen LogP contribution in [-0.2, 0) is 4.79 Å². The van der Waals surface area contributed by atoms with E-state index in [2.05, 4.69) is 66.1 Å². The quantitative estimate of drug-likeness (QED) is 0.809. The Labute approximate surface area is 136 Å². The molecule has 6 rings (SSSR count). The third kappa shape index (κ3) is 1.69. The topological polar surface area (TPSA) is 23.6 Å². The van der Waals surface area contributed by atoms with Crippen LogP contribution in [-0.4, -0.2) is 41.8 Å². The van der Waals surface area contributed by atoms with Gasteiger partial charge in [0.1, 0.15) is 5.78 Å². The fourth-order valence-electron chi connectivity index (χ4n) is 5.47. The first-order valence-corrected chi connectivity index (χ1v) is 8.51. The van der Waals surface area contributed by atoms with Crippen LogP contribution >= 0.6 is 0 Å². The van der Waals surface area contributed by atoms with Crippen LogP contribution in [0.2, 0.25) is 0 Å². The summed E-state index contributed by atoms with van der Waals surface area (Å²) in [6, 6.07) is 15.3. The maximum Gasteiger partial charge on any atom is 0.149 e. The lowest BCUT2D eigenvalue weighted by Gasteiger charge is -2.64. The maximum atomic E-state index is 12.8. The van der Waals surface area contributed by atoms with Gasteiger partial charge in [0.05, 0.1) is 17.0 Å². The van der Waals surface area contributed by atoms with Gasteiger partial charge in [-0.2, -0.15) is 0 Å². The Morgan fingerprint density at radius 1 is 0.870 bits per heavy atom. The number of ketones is 1. The first kappa shape index (κ1) is 13.7. The molecule has 0 amide bonds. The molecule has 0 atom stereocenters. The van der Waals surface area contributed by atoms with Crippen molar-refractivity contribution in [3.8, 4) is 0 Å². The summed E-state index contributed by atoms with van der Waals surface area (Å²) in [4.78, 5) is 17.9. The van der Waals surface area contributed by atoms with E-state index in [4.69, 9.17) is 0 Å². The van der Waals surface area contributed by atoms with Crippen molar-refractivity contribution in [3.63, 3.8) is 0 Å². The molecular weight excluding hydrogens is 284 g/mol. The van der Waals surface area contributed by atoms with Crippen LogP contribution in [0, 0.1) is 10.8 Å². The van der Waals surface area contributed by atoms with Gasteiger partial charge < -0.3 is 0 Å². The summed E-state index contributed by atoms with van der Waals surface area (Å²) in [5.74, 6) is 0.480. The molecule has 0 spiro atoms. The predicted molar refractivity (Wildman–Crippen MR) is 91.1 cm³/mol. The first-order chi connectivity index (χ1) is 11.0. The molecule has 3 heteroatoms. The van der Waals surface area contributed by atoms with Gasteiger partial charge in [-0.05, 0) is 16.3 Å². The van der Waals surface area contributed by atoms with E-state index in [-0.39, 0.29) is 10.8 Å².